The van der Waals surface area contributed by atoms with Gasteiger partial charge in [-0.05, 0) is 12.6 Å². The Balaban J connectivity index is 2.10. The molecule has 0 radical (unpaired) electrons. The summed E-state index contributed by atoms with van der Waals surface area (Å²) >= 11 is 6.31. The van der Waals surface area contributed by atoms with E-state index in [0.29, 0.717) is 18.2 Å². The van der Waals surface area contributed by atoms with E-state index in [4.69, 9.17) is 21.1 Å². The van der Waals surface area contributed by atoms with Crippen LogP contribution in [0, 0.1) is 0 Å². The fourth-order valence-corrected chi connectivity index (χ4v) is 2.90. The van der Waals surface area contributed by atoms with Crippen LogP contribution in [-0.4, -0.2) is 29.5 Å². The van der Waals surface area contributed by atoms with E-state index < -0.39 is 0 Å². The Morgan fingerprint density at radius 3 is 2.90 bits per heavy atom. The van der Waals surface area contributed by atoms with Crippen LogP contribution >= 0.6 is 11.6 Å². The predicted octanol–water partition coefficient (Wildman–Crippen LogP) is 2.54. The molecule has 6 heteroatoms. The van der Waals surface area contributed by atoms with Crippen LogP contribution in [-0.2, 0) is 7.05 Å². The predicted molar refractivity (Wildman–Crippen MR) is 81.2 cm³/mol. The van der Waals surface area contributed by atoms with Crippen molar-refractivity contribution in [2.75, 3.05) is 19.8 Å². The maximum atomic E-state index is 6.31. The van der Waals surface area contributed by atoms with Gasteiger partial charge in [0.1, 0.15) is 13.2 Å². The van der Waals surface area contributed by atoms with Gasteiger partial charge in [-0.1, -0.05) is 30.7 Å². The lowest BCUT2D eigenvalue weighted by Crippen LogP contribution is -2.26. The number of hydrogen-bond acceptors (Lipinski definition) is 4. The maximum absolute atomic E-state index is 6.31. The van der Waals surface area contributed by atoms with E-state index in [-0.39, 0.29) is 6.04 Å². The number of nitrogens with zero attached hydrogens (tertiary/aromatic N) is 2. The zero-order valence-corrected chi connectivity index (χ0v) is 12.9. The molecule has 0 amide bonds. The SMILES string of the molecule is CCNC(c1cccc2c1OCCO2)c1c(Cl)cnn1C. The zero-order valence-electron chi connectivity index (χ0n) is 12.1. The van der Waals surface area contributed by atoms with Gasteiger partial charge < -0.3 is 14.8 Å². The molecule has 1 aliphatic heterocycles. The minimum Gasteiger partial charge on any atom is -0.486 e. The van der Waals surface area contributed by atoms with Crippen LogP contribution < -0.4 is 14.8 Å². The number of rotatable bonds is 4. The summed E-state index contributed by atoms with van der Waals surface area (Å²) in [5, 5.41) is 8.32. The molecule has 0 aliphatic carbocycles. The van der Waals surface area contributed by atoms with Crippen LogP contribution in [0.25, 0.3) is 0 Å². The van der Waals surface area contributed by atoms with E-state index in [1.54, 1.807) is 10.9 Å². The van der Waals surface area contributed by atoms with Gasteiger partial charge in [-0.2, -0.15) is 5.10 Å². The molecule has 1 aliphatic rings. The van der Waals surface area contributed by atoms with Crippen molar-refractivity contribution >= 4 is 11.6 Å². The number of para-hydroxylation sites is 1. The number of nitrogens with one attached hydrogen (secondary N) is 1. The standard InChI is InChI=1S/C15H18ClN3O2/c1-3-17-13(14-11(16)9-18-19(14)2)10-5-4-6-12-15(10)21-8-7-20-12/h4-6,9,13,17H,3,7-8H2,1-2H3. The second-order valence-corrected chi connectivity index (χ2v) is 5.27. The molecule has 2 aromatic rings. The molecule has 5 nitrogen and oxygen atoms in total. The van der Waals surface area contributed by atoms with Crippen molar-refractivity contribution in [3.63, 3.8) is 0 Å². The topological polar surface area (TPSA) is 48.3 Å². The van der Waals surface area contributed by atoms with Gasteiger partial charge >= 0.3 is 0 Å². The van der Waals surface area contributed by atoms with E-state index in [1.165, 1.54) is 0 Å². The highest BCUT2D eigenvalue weighted by atomic mass is 35.5. The molecular weight excluding hydrogens is 290 g/mol. The van der Waals surface area contributed by atoms with Gasteiger partial charge in [0.25, 0.3) is 0 Å². The van der Waals surface area contributed by atoms with Gasteiger partial charge in [0.2, 0.25) is 0 Å². The summed E-state index contributed by atoms with van der Waals surface area (Å²) in [4.78, 5) is 0. The number of hydrogen-bond donors (Lipinski definition) is 1. The first-order valence-corrected chi connectivity index (χ1v) is 7.39. The molecule has 0 saturated heterocycles. The lowest BCUT2D eigenvalue weighted by atomic mass is 10.0. The highest BCUT2D eigenvalue weighted by molar-refractivity contribution is 6.31. The average Bonchev–Trinajstić information content (AvgIpc) is 2.84. The molecule has 0 fully saturated rings. The second kappa shape index (κ2) is 5.95. The van der Waals surface area contributed by atoms with Crippen LogP contribution in [0.1, 0.15) is 24.2 Å². The van der Waals surface area contributed by atoms with Crippen molar-refractivity contribution in [1.82, 2.24) is 15.1 Å². The molecular formula is C15H18ClN3O2. The van der Waals surface area contributed by atoms with Crippen LogP contribution in [0.15, 0.2) is 24.4 Å². The summed E-state index contributed by atoms with van der Waals surface area (Å²) < 4.78 is 13.3. The average molecular weight is 308 g/mol. The highest BCUT2D eigenvalue weighted by Crippen LogP contribution is 2.40. The molecule has 21 heavy (non-hydrogen) atoms. The molecule has 1 aromatic heterocycles. The summed E-state index contributed by atoms with van der Waals surface area (Å²) in [6.45, 7) is 4.00. The monoisotopic (exact) mass is 307 g/mol. The molecule has 1 aromatic carbocycles. The first-order valence-electron chi connectivity index (χ1n) is 7.01. The van der Waals surface area contributed by atoms with Gasteiger partial charge in [0.05, 0.1) is 23.0 Å². The van der Waals surface area contributed by atoms with Gasteiger partial charge in [-0.25, -0.2) is 0 Å². The van der Waals surface area contributed by atoms with Crippen molar-refractivity contribution in [3.05, 3.63) is 40.7 Å². The molecule has 0 bridgehead atoms. The zero-order chi connectivity index (χ0) is 14.8. The van der Waals surface area contributed by atoms with Crippen LogP contribution in [0.4, 0.5) is 0 Å². The molecule has 1 unspecified atom stereocenters. The summed E-state index contributed by atoms with van der Waals surface area (Å²) in [5.74, 6) is 1.56. The van der Waals surface area contributed by atoms with Crippen LogP contribution in [0.2, 0.25) is 5.02 Å². The van der Waals surface area contributed by atoms with E-state index in [2.05, 4.69) is 17.3 Å². The third-order valence-corrected chi connectivity index (χ3v) is 3.82. The first-order chi connectivity index (χ1) is 10.2. The van der Waals surface area contributed by atoms with Gasteiger partial charge in [0.15, 0.2) is 11.5 Å². The Kier molecular flexibility index (Phi) is 4.03. The Morgan fingerprint density at radius 1 is 1.38 bits per heavy atom. The quantitative estimate of drug-likeness (QED) is 0.943. The number of aromatic nitrogens is 2. The number of benzene rings is 1. The minimum atomic E-state index is -0.0911. The normalized spacial score (nSPS) is 15.0. The molecule has 1 atom stereocenters. The van der Waals surface area contributed by atoms with Crippen molar-refractivity contribution in [2.24, 2.45) is 7.05 Å². The smallest absolute Gasteiger partial charge is 0.166 e. The van der Waals surface area contributed by atoms with Crippen LogP contribution in [0.3, 0.4) is 0 Å². The van der Waals surface area contributed by atoms with Crippen molar-refractivity contribution in [3.8, 4) is 11.5 Å². The number of aryl methyl sites for hydroxylation is 1. The maximum Gasteiger partial charge on any atom is 0.166 e. The lowest BCUT2D eigenvalue weighted by Gasteiger charge is -2.26. The van der Waals surface area contributed by atoms with E-state index in [9.17, 15) is 0 Å². The Hall–Kier alpha value is -1.72. The fourth-order valence-electron chi connectivity index (χ4n) is 2.63. The summed E-state index contributed by atoms with van der Waals surface area (Å²) in [6, 6.07) is 5.83. The largest absolute Gasteiger partial charge is 0.486 e. The van der Waals surface area contributed by atoms with Gasteiger partial charge in [0, 0.05) is 12.6 Å². The van der Waals surface area contributed by atoms with Gasteiger partial charge in [-0.15, -0.1) is 0 Å². The Morgan fingerprint density at radius 2 is 2.19 bits per heavy atom. The van der Waals surface area contributed by atoms with Gasteiger partial charge in [-0.3, -0.25) is 4.68 Å². The molecule has 0 spiro atoms. The fraction of sp³-hybridized carbons (Fsp3) is 0.400. The Labute approximate surface area is 128 Å². The highest BCUT2D eigenvalue weighted by Gasteiger charge is 2.26. The summed E-state index contributed by atoms with van der Waals surface area (Å²) in [6.07, 6.45) is 1.66. The molecule has 3 rings (SSSR count). The van der Waals surface area contributed by atoms with Crippen molar-refractivity contribution in [1.29, 1.82) is 0 Å². The number of halogens is 1. The van der Waals surface area contributed by atoms with Crippen molar-refractivity contribution in [2.45, 2.75) is 13.0 Å². The molecule has 2 heterocycles. The van der Waals surface area contributed by atoms with Crippen molar-refractivity contribution < 1.29 is 9.47 Å². The first kappa shape index (κ1) is 14.2. The summed E-state index contributed by atoms with van der Waals surface area (Å²) in [7, 11) is 1.89. The second-order valence-electron chi connectivity index (χ2n) is 4.86. The van der Waals surface area contributed by atoms with E-state index >= 15 is 0 Å². The number of fused-ring (bicyclic) bond motifs is 1. The third kappa shape index (κ3) is 2.59. The minimum absolute atomic E-state index is 0.0911. The molecule has 0 saturated carbocycles. The van der Waals surface area contributed by atoms with E-state index in [1.807, 2.05) is 25.2 Å². The Bertz CT molecular complexity index is 622. The van der Waals surface area contributed by atoms with Crippen LogP contribution in [0.5, 0.6) is 11.5 Å². The molecule has 112 valence electrons. The summed E-state index contributed by atoms with van der Waals surface area (Å²) in [5.41, 5.74) is 1.93. The number of ether oxygens (including phenoxy) is 2. The molecule has 1 N–H and O–H groups in total. The van der Waals surface area contributed by atoms with E-state index in [0.717, 1.165) is 29.3 Å². The third-order valence-electron chi connectivity index (χ3n) is 3.53. The lowest BCUT2D eigenvalue weighted by molar-refractivity contribution is 0.169.